The Labute approximate surface area is 116 Å². The van der Waals surface area contributed by atoms with Crippen molar-refractivity contribution in [1.82, 2.24) is 4.90 Å². The number of carbonyl (C=O) groups is 2. The Morgan fingerprint density at radius 1 is 1.21 bits per heavy atom. The van der Waals surface area contributed by atoms with Crippen molar-refractivity contribution in [3.05, 3.63) is 0 Å². The van der Waals surface area contributed by atoms with E-state index in [1.165, 1.54) is 7.11 Å². The summed E-state index contributed by atoms with van der Waals surface area (Å²) in [4.78, 5) is 25.1. The second-order valence-electron chi connectivity index (χ2n) is 4.78. The van der Waals surface area contributed by atoms with Gasteiger partial charge in [-0.15, -0.1) is 0 Å². The van der Waals surface area contributed by atoms with Gasteiger partial charge in [0.2, 0.25) is 5.91 Å². The molecule has 0 atom stereocenters. The highest BCUT2D eigenvalue weighted by molar-refractivity contribution is 5.82. The van der Waals surface area contributed by atoms with Crippen LogP contribution in [0, 0.1) is 5.92 Å². The van der Waals surface area contributed by atoms with Crippen LogP contribution in [-0.2, 0) is 14.3 Å². The van der Waals surface area contributed by atoms with Crippen LogP contribution < -0.4 is 5.73 Å². The maximum Gasteiger partial charge on any atom is 0.325 e. The van der Waals surface area contributed by atoms with Crippen LogP contribution in [0.2, 0.25) is 0 Å². The summed E-state index contributed by atoms with van der Waals surface area (Å²) >= 11 is 0. The maximum absolute atomic E-state index is 12.1. The molecule has 5 nitrogen and oxygen atoms in total. The number of carbonyl (C=O) groups excluding carboxylic acids is 2. The lowest BCUT2D eigenvalue weighted by atomic mass is 10.0. The molecule has 0 saturated carbocycles. The van der Waals surface area contributed by atoms with Gasteiger partial charge in [-0.2, -0.15) is 0 Å². The number of methoxy groups -OCH3 is 1. The van der Waals surface area contributed by atoms with E-state index in [-0.39, 0.29) is 18.4 Å². The molecule has 0 fully saturated rings. The van der Waals surface area contributed by atoms with E-state index in [0.717, 1.165) is 25.7 Å². The first-order valence-corrected chi connectivity index (χ1v) is 7.13. The van der Waals surface area contributed by atoms with E-state index in [9.17, 15) is 9.59 Å². The van der Waals surface area contributed by atoms with E-state index >= 15 is 0 Å². The first kappa shape index (κ1) is 17.9. The number of ether oxygens (including phenoxy) is 1. The summed E-state index contributed by atoms with van der Waals surface area (Å²) in [5.41, 5.74) is 5.42. The molecule has 0 heterocycles. The Balaban J connectivity index is 4.46. The molecule has 0 aromatic carbocycles. The number of unbranched alkanes of at least 4 members (excludes halogenated alkanes) is 1. The molecule has 1 amide bonds. The van der Waals surface area contributed by atoms with Crippen LogP contribution in [0.1, 0.15) is 46.0 Å². The molecule has 112 valence electrons. The van der Waals surface area contributed by atoms with Crippen LogP contribution in [-0.4, -0.2) is 43.5 Å². The molecule has 0 aliphatic rings. The second-order valence-corrected chi connectivity index (χ2v) is 4.78. The van der Waals surface area contributed by atoms with E-state index < -0.39 is 0 Å². The molecule has 0 unspecified atom stereocenters. The molecule has 2 N–H and O–H groups in total. The predicted molar refractivity (Wildman–Crippen MR) is 75.6 cm³/mol. The van der Waals surface area contributed by atoms with Crippen molar-refractivity contribution in [2.24, 2.45) is 11.7 Å². The third-order valence-electron chi connectivity index (χ3n) is 3.38. The minimum absolute atomic E-state index is 0.0192. The average molecular weight is 272 g/mol. The molecular formula is C14H28N2O3. The Morgan fingerprint density at radius 2 is 1.84 bits per heavy atom. The van der Waals surface area contributed by atoms with Gasteiger partial charge < -0.3 is 15.4 Å². The Morgan fingerprint density at radius 3 is 2.32 bits per heavy atom. The highest BCUT2D eigenvalue weighted by atomic mass is 16.5. The van der Waals surface area contributed by atoms with Gasteiger partial charge in [0.15, 0.2) is 0 Å². The predicted octanol–water partition coefficient (Wildman–Crippen LogP) is 1.55. The van der Waals surface area contributed by atoms with E-state index in [1.807, 2.05) is 0 Å². The minimum atomic E-state index is -0.363. The van der Waals surface area contributed by atoms with Crippen LogP contribution >= 0.6 is 0 Å². The zero-order valence-electron chi connectivity index (χ0n) is 12.5. The largest absolute Gasteiger partial charge is 0.468 e. The SMILES string of the molecule is CCC(CC)CN(CC(=O)OC)C(=O)CCCCN. The lowest BCUT2D eigenvalue weighted by molar-refractivity contribution is -0.147. The number of rotatable bonds is 10. The van der Waals surface area contributed by atoms with Gasteiger partial charge in [0.25, 0.3) is 0 Å². The molecule has 0 bridgehead atoms. The van der Waals surface area contributed by atoms with Crippen molar-refractivity contribution in [3.63, 3.8) is 0 Å². The highest BCUT2D eigenvalue weighted by Gasteiger charge is 2.19. The van der Waals surface area contributed by atoms with Crippen molar-refractivity contribution in [2.75, 3.05) is 26.7 Å². The number of nitrogens with zero attached hydrogens (tertiary/aromatic N) is 1. The van der Waals surface area contributed by atoms with Gasteiger partial charge in [0.1, 0.15) is 6.54 Å². The fraction of sp³-hybridized carbons (Fsp3) is 0.857. The zero-order chi connectivity index (χ0) is 14.7. The minimum Gasteiger partial charge on any atom is -0.468 e. The standard InChI is InChI=1S/C14H28N2O3/c1-4-12(5-2)10-16(11-14(18)19-3)13(17)8-6-7-9-15/h12H,4-11,15H2,1-3H3. The fourth-order valence-electron chi connectivity index (χ4n) is 1.91. The molecule has 0 saturated heterocycles. The van der Waals surface area contributed by atoms with E-state index in [1.54, 1.807) is 4.90 Å². The van der Waals surface area contributed by atoms with Crippen LogP contribution in [0.15, 0.2) is 0 Å². The molecule has 0 rings (SSSR count). The average Bonchev–Trinajstić information content (AvgIpc) is 2.43. The quantitative estimate of drug-likeness (QED) is 0.484. The Hall–Kier alpha value is -1.10. The Bertz CT molecular complexity index is 265. The number of hydrogen-bond donors (Lipinski definition) is 1. The van der Waals surface area contributed by atoms with Gasteiger partial charge >= 0.3 is 5.97 Å². The van der Waals surface area contributed by atoms with E-state index in [2.05, 4.69) is 18.6 Å². The van der Waals surface area contributed by atoms with Crippen molar-refractivity contribution in [2.45, 2.75) is 46.0 Å². The summed E-state index contributed by atoms with van der Waals surface area (Å²) in [6.07, 6.45) is 4.07. The van der Waals surface area contributed by atoms with Crippen molar-refractivity contribution < 1.29 is 14.3 Å². The van der Waals surface area contributed by atoms with Gasteiger partial charge in [0.05, 0.1) is 7.11 Å². The van der Waals surface area contributed by atoms with Crippen LogP contribution in [0.5, 0.6) is 0 Å². The van der Waals surface area contributed by atoms with Crippen LogP contribution in [0.3, 0.4) is 0 Å². The smallest absolute Gasteiger partial charge is 0.325 e. The molecular weight excluding hydrogens is 244 g/mol. The lowest BCUT2D eigenvalue weighted by Crippen LogP contribution is -2.39. The van der Waals surface area contributed by atoms with Gasteiger partial charge in [-0.05, 0) is 25.3 Å². The lowest BCUT2D eigenvalue weighted by Gasteiger charge is -2.25. The second kappa shape index (κ2) is 10.8. The topological polar surface area (TPSA) is 72.6 Å². The van der Waals surface area contributed by atoms with Crippen LogP contribution in [0.25, 0.3) is 0 Å². The normalized spacial score (nSPS) is 10.6. The van der Waals surface area contributed by atoms with Crippen molar-refractivity contribution in [3.8, 4) is 0 Å². The molecule has 5 heteroatoms. The van der Waals surface area contributed by atoms with E-state index in [0.29, 0.717) is 25.4 Å². The summed E-state index contributed by atoms with van der Waals surface area (Å²) in [5, 5.41) is 0. The molecule has 19 heavy (non-hydrogen) atoms. The molecule has 0 aliphatic carbocycles. The summed E-state index contributed by atoms with van der Waals surface area (Å²) in [6.45, 7) is 5.47. The van der Waals surface area contributed by atoms with Gasteiger partial charge in [-0.1, -0.05) is 26.7 Å². The molecule has 0 spiro atoms. The first-order valence-electron chi connectivity index (χ1n) is 7.13. The number of esters is 1. The number of hydrogen-bond acceptors (Lipinski definition) is 4. The third-order valence-corrected chi connectivity index (χ3v) is 3.38. The number of nitrogens with two attached hydrogens (primary N) is 1. The summed E-state index contributed by atoms with van der Waals surface area (Å²) < 4.78 is 4.65. The van der Waals surface area contributed by atoms with Crippen LogP contribution in [0.4, 0.5) is 0 Å². The van der Waals surface area contributed by atoms with Gasteiger partial charge in [0, 0.05) is 13.0 Å². The van der Waals surface area contributed by atoms with Crippen molar-refractivity contribution >= 4 is 11.9 Å². The van der Waals surface area contributed by atoms with E-state index in [4.69, 9.17) is 5.73 Å². The van der Waals surface area contributed by atoms with Crippen molar-refractivity contribution in [1.29, 1.82) is 0 Å². The molecule has 0 radical (unpaired) electrons. The molecule has 0 aromatic rings. The Kier molecular flexibility index (Phi) is 10.2. The number of amides is 1. The zero-order valence-corrected chi connectivity index (χ0v) is 12.5. The first-order chi connectivity index (χ1) is 9.08. The summed E-state index contributed by atoms with van der Waals surface area (Å²) in [5.74, 6) is 0.0898. The summed E-state index contributed by atoms with van der Waals surface area (Å²) in [7, 11) is 1.34. The maximum atomic E-state index is 12.1. The fourth-order valence-corrected chi connectivity index (χ4v) is 1.91. The summed E-state index contributed by atoms with van der Waals surface area (Å²) in [6, 6.07) is 0. The van der Waals surface area contributed by atoms with Gasteiger partial charge in [-0.25, -0.2) is 0 Å². The highest BCUT2D eigenvalue weighted by Crippen LogP contribution is 2.12. The molecule has 0 aromatic heterocycles. The third kappa shape index (κ3) is 7.82. The molecule has 0 aliphatic heterocycles. The van der Waals surface area contributed by atoms with Gasteiger partial charge in [-0.3, -0.25) is 9.59 Å². The monoisotopic (exact) mass is 272 g/mol.